The lowest BCUT2D eigenvalue weighted by Crippen LogP contribution is -2.42. The maximum atomic E-state index is 13.5. The van der Waals surface area contributed by atoms with Crippen LogP contribution in [-0.2, 0) is 14.4 Å². The number of carboxylic acids is 1. The van der Waals surface area contributed by atoms with Crippen molar-refractivity contribution >= 4 is 52.5 Å². The quantitative estimate of drug-likeness (QED) is 0.408. The number of hydrogen-bond donors (Lipinski definition) is 2. The highest BCUT2D eigenvalue weighted by atomic mass is 35.5. The lowest BCUT2D eigenvalue weighted by molar-refractivity contribution is -0.141. The Labute approximate surface area is 215 Å². The van der Waals surface area contributed by atoms with Gasteiger partial charge in [-0.3, -0.25) is 24.1 Å². The Morgan fingerprint density at radius 1 is 1.06 bits per heavy atom. The molecular weight excluding hydrogens is 508 g/mol. The highest BCUT2D eigenvalue weighted by Crippen LogP contribution is 2.68. The second-order valence-corrected chi connectivity index (χ2v) is 12.7. The molecule has 1 aromatic carbocycles. The van der Waals surface area contributed by atoms with Crippen LogP contribution in [0.15, 0.2) is 34.1 Å². The van der Waals surface area contributed by atoms with Gasteiger partial charge in [0.05, 0.1) is 16.9 Å². The number of likely N-dealkylation sites (tertiary alicyclic amines) is 1. The number of carbonyl (C=O) groups excluding carboxylic acids is 2. The lowest BCUT2D eigenvalue weighted by atomic mass is 9.68. The zero-order valence-electron chi connectivity index (χ0n) is 18.8. The number of carboxylic acid groups (broad SMARTS) is 1. The summed E-state index contributed by atoms with van der Waals surface area (Å²) in [6.07, 6.45) is 2.83. The van der Waals surface area contributed by atoms with Gasteiger partial charge in [-0.05, 0) is 54.7 Å². The summed E-state index contributed by atoms with van der Waals surface area (Å²) < 4.78 is 0. The molecule has 184 valence electrons. The first kappa shape index (κ1) is 23.3. The van der Waals surface area contributed by atoms with E-state index in [4.69, 9.17) is 16.7 Å². The summed E-state index contributed by atoms with van der Waals surface area (Å²) in [5.41, 5.74) is 1.09. The second kappa shape index (κ2) is 8.78. The van der Waals surface area contributed by atoms with Crippen LogP contribution in [-0.4, -0.2) is 44.6 Å². The third-order valence-electron chi connectivity index (χ3n) is 8.32. The summed E-state index contributed by atoms with van der Waals surface area (Å²) in [5, 5.41) is 10.5. The Morgan fingerprint density at radius 2 is 1.77 bits per heavy atom. The van der Waals surface area contributed by atoms with E-state index in [1.165, 1.54) is 16.2 Å². The molecular formula is C25H25ClN2O5S2. The zero-order chi connectivity index (χ0) is 24.4. The van der Waals surface area contributed by atoms with Crippen LogP contribution in [0.5, 0.6) is 0 Å². The topological polar surface area (TPSA) is 108 Å². The summed E-state index contributed by atoms with van der Waals surface area (Å²) in [4.78, 5) is 55.4. The number of aromatic nitrogens is 1. The largest absolute Gasteiger partial charge is 0.481 e. The number of amides is 2. The van der Waals surface area contributed by atoms with Crippen molar-refractivity contribution in [3.8, 4) is 0 Å². The van der Waals surface area contributed by atoms with Crippen molar-refractivity contribution in [2.24, 2.45) is 29.6 Å². The number of H-pyrrole nitrogens is 1. The van der Waals surface area contributed by atoms with Gasteiger partial charge in [0.15, 0.2) is 0 Å². The van der Waals surface area contributed by atoms with E-state index >= 15 is 0 Å². The molecule has 2 aliphatic carbocycles. The fourth-order valence-corrected chi connectivity index (χ4v) is 10.1. The van der Waals surface area contributed by atoms with Crippen LogP contribution in [0, 0.1) is 29.6 Å². The van der Waals surface area contributed by atoms with Gasteiger partial charge in [-0.1, -0.05) is 41.5 Å². The van der Waals surface area contributed by atoms with Gasteiger partial charge < -0.3 is 10.1 Å². The first-order chi connectivity index (χ1) is 16.8. The van der Waals surface area contributed by atoms with Crippen molar-refractivity contribution in [1.29, 1.82) is 0 Å². The summed E-state index contributed by atoms with van der Waals surface area (Å²) in [6, 6.07) is 7.77. The number of halogens is 1. The van der Waals surface area contributed by atoms with Crippen molar-refractivity contribution < 1.29 is 19.5 Å². The predicted octanol–water partition coefficient (Wildman–Crippen LogP) is 4.21. The number of nitrogens with one attached hydrogen (secondary N) is 1. The van der Waals surface area contributed by atoms with Crippen LogP contribution in [0.2, 0.25) is 5.02 Å². The fourth-order valence-electron chi connectivity index (χ4n) is 7.07. The fraction of sp³-hybridized carbons (Fsp3) is 0.520. The molecule has 6 rings (SSSR count). The predicted molar refractivity (Wildman–Crippen MR) is 133 cm³/mol. The number of benzene rings is 1. The van der Waals surface area contributed by atoms with Gasteiger partial charge >= 0.3 is 10.8 Å². The molecule has 2 bridgehead atoms. The number of hydrogen-bond acceptors (Lipinski definition) is 6. The molecule has 1 saturated heterocycles. The van der Waals surface area contributed by atoms with Crippen LogP contribution in [0.4, 0.5) is 0 Å². The molecule has 0 spiro atoms. The number of thiazole rings is 1. The first-order valence-corrected chi connectivity index (χ1v) is 14.1. The van der Waals surface area contributed by atoms with E-state index in [2.05, 4.69) is 4.98 Å². The van der Waals surface area contributed by atoms with E-state index in [-0.39, 0.29) is 63.9 Å². The molecule has 3 fully saturated rings. The number of rotatable bonds is 7. The number of aliphatic carboxylic acids is 1. The van der Waals surface area contributed by atoms with Crippen molar-refractivity contribution in [2.45, 2.75) is 48.3 Å². The number of thioether (sulfide) groups is 1. The van der Waals surface area contributed by atoms with Gasteiger partial charge in [0, 0.05) is 34.0 Å². The zero-order valence-corrected chi connectivity index (χ0v) is 21.2. The van der Waals surface area contributed by atoms with E-state index in [0.29, 0.717) is 30.8 Å². The molecule has 4 aliphatic rings. The third-order valence-corrected chi connectivity index (χ3v) is 11.2. The molecule has 0 radical (unpaired) electrons. The smallest absolute Gasteiger partial charge is 0.305 e. The number of unbranched alkanes of at least 4 members (excludes halogenated alkanes) is 2. The molecule has 2 N–H and O–H groups in total. The monoisotopic (exact) mass is 532 g/mol. The van der Waals surface area contributed by atoms with E-state index < -0.39 is 5.97 Å². The minimum absolute atomic E-state index is 0.00128. The van der Waals surface area contributed by atoms with Crippen LogP contribution in [0.1, 0.15) is 48.5 Å². The summed E-state index contributed by atoms with van der Waals surface area (Å²) in [5.74, 6) is -1.12. The Balaban J connectivity index is 1.28. The van der Waals surface area contributed by atoms with Gasteiger partial charge in [-0.25, -0.2) is 0 Å². The average Bonchev–Trinajstić information content (AvgIpc) is 3.54. The van der Waals surface area contributed by atoms with Crippen molar-refractivity contribution in [1.82, 2.24) is 9.88 Å². The molecule has 2 amide bonds. The molecule has 7 nitrogen and oxygen atoms in total. The van der Waals surface area contributed by atoms with Crippen molar-refractivity contribution in [2.75, 3.05) is 6.54 Å². The number of carbonyl (C=O) groups is 3. The molecule has 2 aromatic rings. The standard InChI is InChI=1S/C25H25ClN2O5S2/c26-12-7-5-11(6-8-12)16-17-13-10-14(20(17)34-22-21(16)35-25(33)27-22)19-18(13)23(31)28(24(19)32)9-3-1-2-4-15(29)30/h5-8,13-14,16-20H,1-4,9-10H2,(H,27,33)(H,29,30)/t13-,14+,16-,17+,18+,19+,20+/m0/s1. The maximum Gasteiger partial charge on any atom is 0.305 e. The SMILES string of the molecule is O=C(O)CCCCCN1C(=O)[C@@H]2[C@H]3C[C@@H]([C@H]4Sc5[nH]c(=O)sc5[C@@H](c5ccc(Cl)cc5)[C@@H]34)[C@H]2C1=O. The van der Waals surface area contributed by atoms with E-state index in [0.717, 1.165) is 21.9 Å². The Hall–Kier alpha value is -2.10. The van der Waals surface area contributed by atoms with Crippen LogP contribution in [0.3, 0.4) is 0 Å². The average molecular weight is 533 g/mol. The summed E-state index contributed by atoms with van der Waals surface area (Å²) >= 11 is 9.09. The lowest BCUT2D eigenvalue weighted by Gasteiger charge is -2.43. The highest BCUT2D eigenvalue weighted by molar-refractivity contribution is 8.00. The number of nitrogens with zero attached hydrogens (tertiary/aromatic N) is 1. The normalized spacial score (nSPS) is 32.6. The van der Waals surface area contributed by atoms with Gasteiger partial charge in [-0.15, -0.1) is 11.8 Å². The van der Waals surface area contributed by atoms with Gasteiger partial charge in [0.25, 0.3) is 0 Å². The molecule has 3 heterocycles. The highest BCUT2D eigenvalue weighted by Gasteiger charge is 2.69. The number of aromatic amines is 1. The Bertz CT molecular complexity index is 1260. The molecule has 35 heavy (non-hydrogen) atoms. The maximum absolute atomic E-state index is 13.5. The minimum Gasteiger partial charge on any atom is -0.481 e. The summed E-state index contributed by atoms with van der Waals surface area (Å²) in [7, 11) is 0. The molecule has 7 atom stereocenters. The Morgan fingerprint density at radius 3 is 2.49 bits per heavy atom. The van der Waals surface area contributed by atoms with Crippen LogP contribution in [0.25, 0.3) is 0 Å². The van der Waals surface area contributed by atoms with E-state index in [9.17, 15) is 19.2 Å². The van der Waals surface area contributed by atoms with Crippen molar-refractivity contribution in [3.63, 3.8) is 0 Å². The van der Waals surface area contributed by atoms with Crippen LogP contribution < -0.4 is 4.87 Å². The first-order valence-electron chi connectivity index (χ1n) is 12.1. The summed E-state index contributed by atoms with van der Waals surface area (Å²) in [6.45, 7) is 0.369. The minimum atomic E-state index is -0.824. The second-order valence-electron chi connectivity index (χ2n) is 10.0. The molecule has 1 aromatic heterocycles. The number of fused-ring (bicyclic) bond motifs is 9. The van der Waals surface area contributed by atoms with E-state index in [1.54, 1.807) is 11.8 Å². The Kier molecular flexibility index (Phi) is 5.85. The van der Waals surface area contributed by atoms with Crippen molar-refractivity contribution in [3.05, 3.63) is 49.4 Å². The van der Waals surface area contributed by atoms with Gasteiger partial charge in [-0.2, -0.15) is 0 Å². The van der Waals surface area contributed by atoms with Gasteiger partial charge in [0.1, 0.15) is 0 Å². The number of imide groups is 1. The van der Waals surface area contributed by atoms with E-state index in [1.807, 2.05) is 24.3 Å². The molecule has 0 unspecified atom stereocenters. The van der Waals surface area contributed by atoms with Crippen LogP contribution >= 0.6 is 34.7 Å². The van der Waals surface area contributed by atoms with Gasteiger partial charge in [0.2, 0.25) is 11.8 Å². The molecule has 2 saturated carbocycles. The third kappa shape index (κ3) is 3.69. The molecule has 10 heteroatoms. The molecule has 2 aliphatic heterocycles.